The van der Waals surface area contributed by atoms with Crippen LogP contribution in [0, 0.1) is 11.2 Å². The molecular formula is C23H27FN4O5. The van der Waals surface area contributed by atoms with E-state index in [-0.39, 0.29) is 22.8 Å². The van der Waals surface area contributed by atoms with Crippen LogP contribution in [0.5, 0.6) is 11.5 Å². The normalized spacial score (nSPS) is 17.5. The molecule has 0 bridgehead atoms. The van der Waals surface area contributed by atoms with E-state index in [0.717, 1.165) is 38.1 Å². The van der Waals surface area contributed by atoms with Crippen molar-refractivity contribution >= 4 is 17.9 Å². The molecule has 0 unspecified atom stereocenters. The van der Waals surface area contributed by atoms with Gasteiger partial charge < -0.3 is 24.4 Å². The fourth-order valence-corrected chi connectivity index (χ4v) is 4.22. The molecule has 2 aliphatic heterocycles. The zero-order chi connectivity index (χ0) is 23.8. The highest BCUT2D eigenvalue weighted by atomic mass is 19.1. The zero-order valence-electron chi connectivity index (χ0n) is 18.9. The number of carbonyl (C=O) groups excluding carboxylic acids is 1. The first-order valence-electron chi connectivity index (χ1n) is 10.8. The molecule has 10 heteroatoms. The van der Waals surface area contributed by atoms with Crippen LogP contribution in [-0.2, 0) is 4.74 Å². The molecule has 0 atom stereocenters. The third-order valence-electron chi connectivity index (χ3n) is 5.88. The molecule has 0 aliphatic carbocycles. The highest BCUT2D eigenvalue weighted by Crippen LogP contribution is 2.45. The van der Waals surface area contributed by atoms with E-state index >= 15 is 0 Å². The van der Waals surface area contributed by atoms with Gasteiger partial charge in [0.25, 0.3) is 0 Å². The van der Waals surface area contributed by atoms with Crippen LogP contribution in [0.1, 0.15) is 44.0 Å². The Hall–Kier alpha value is -3.43. The molecule has 33 heavy (non-hydrogen) atoms. The van der Waals surface area contributed by atoms with Gasteiger partial charge in [0, 0.05) is 31.6 Å². The number of ether oxygens (including phenoxy) is 2. The number of hydrogen-bond acceptors (Lipinski definition) is 7. The summed E-state index contributed by atoms with van der Waals surface area (Å²) in [6.45, 7) is 8.29. The second-order valence-corrected chi connectivity index (χ2v) is 9.58. The van der Waals surface area contributed by atoms with Crippen LogP contribution in [0.4, 0.5) is 15.0 Å². The molecule has 0 saturated carbocycles. The van der Waals surface area contributed by atoms with Crippen LogP contribution in [0.25, 0.3) is 0 Å². The first-order valence-corrected chi connectivity index (χ1v) is 10.8. The summed E-state index contributed by atoms with van der Waals surface area (Å²) in [5.74, 6) is -1.09. The number of aromatic nitrogens is 2. The topological polar surface area (TPSA) is 105 Å². The smallest absolute Gasteiger partial charge is 0.410 e. The quantitative estimate of drug-likeness (QED) is 0.735. The third-order valence-corrected chi connectivity index (χ3v) is 5.88. The number of anilines is 1. The minimum absolute atomic E-state index is 0.0147. The van der Waals surface area contributed by atoms with Crippen LogP contribution in [-0.4, -0.2) is 63.8 Å². The fourth-order valence-electron chi connectivity index (χ4n) is 4.22. The fraction of sp³-hybridized carbons (Fsp3) is 0.478. The van der Waals surface area contributed by atoms with Crippen molar-refractivity contribution < 1.29 is 28.6 Å². The number of likely N-dealkylation sites (tertiary alicyclic amines) is 1. The van der Waals surface area contributed by atoms with Crippen molar-refractivity contribution in [1.82, 2.24) is 14.9 Å². The number of carboxylic acid groups (broad SMARTS) is 1. The summed E-state index contributed by atoms with van der Waals surface area (Å²) in [6, 6.07) is 3.33. The summed E-state index contributed by atoms with van der Waals surface area (Å²) in [7, 11) is 0. The number of nitrogens with zero attached hydrogens (tertiary/aromatic N) is 4. The molecule has 2 aromatic rings. The monoisotopic (exact) mass is 458 g/mol. The summed E-state index contributed by atoms with van der Waals surface area (Å²) in [4.78, 5) is 35.9. The second kappa shape index (κ2) is 8.49. The molecule has 9 nitrogen and oxygen atoms in total. The Kier molecular flexibility index (Phi) is 5.85. The summed E-state index contributed by atoms with van der Waals surface area (Å²) in [6.07, 6.45) is 4.29. The Labute approximate surface area is 191 Å². The largest absolute Gasteiger partial charge is 0.478 e. The number of benzene rings is 1. The van der Waals surface area contributed by atoms with E-state index < -0.39 is 17.4 Å². The minimum atomic E-state index is -1.29. The molecule has 1 spiro atoms. The lowest BCUT2D eigenvalue weighted by molar-refractivity contribution is 0.00585. The average Bonchev–Trinajstić information content (AvgIpc) is 2.72. The third kappa shape index (κ3) is 4.99. The maximum absolute atomic E-state index is 13.5. The van der Waals surface area contributed by atoms with Crippen molar-refractivity contribution in [2.45, 2.75) is 39.2 Å². The van der Waals surface area contributed by atoms with Gasteiger partial charge in [-0.1, -0.05) is 0 Å². The molecule has 2 aliphatic rings. The summed E-state index contributed by atoms with van der Waals surface area (Å²) < 4.78 is 24.8. The number of piperidine rings is 1. The molecule has 2 fully saturated rings. The standard InChI is InChI=1S/C23H27FN4O5/c1-22(2,3)33-21(31)27-8-6-23(7-9-27)12-28(13-23)19-18(11-25-14-26-19)32-17-5-4-15(24)10-16(17)20(29)30/h4-5,10-11,14H,6-9,12-13H2,1-3H3,(H,29,30). The van der Waals surface area contributed by atoms with Crippen molar-refractivity contribution in [2.24, 2.45) is 5.41 Å². The Balaban J connectivity index is 1.42. The predicted octanol–water partition coefficient (Wildman–Crippen LogP) is 3.94. The molecule has 2 saturated heterocycles. The Morgan fingerprint density at radius 3 is 2.48 bits per heavy atom. The average molecular weight is 458 g/mol. The Morgan fingerprint density at radius 1 is 1.15 bits per heavy atom. The van der Waals surface area contributed by atoms with Crippen LogP contribution in [0.3, 0.4) is 0 Å². The molecule has 176 valence electrons. The lowest BCUT2D eigenvalue weighted by atomic mass is 9.72. The maximum Gasteiger partial charge on any atom is 0.410 e. The van der Waals surface area contributed by atoms with Crippen molar-refractivity contribution in [3.63, 3.8) is 0 Å². The van der Waals surface area contributed by atoms with E-state index in [2.05, 4.69) is 9.97 Å². The molecular weight excluding hydrogens is 431 g/mol. The van der Waals surface area contributed by atoms with Crippen molar-refractivity contribution in [1.29, 1.82) is 0 Å². The van der Waals surface area contributed by atoms with Gasteiger partial charge in [0.1, 0.15) is 29.1 Å². The van der Waals surface area contributed by atoms with E-state index in [1.165, 1.54) is 18.6 Å². The number of carboxylic acids is 1. The molecule has 1 amide bonds. The summed E-state index contributed by atoms with van der Waals surface area (Å²) >= 11 is 0. The Morgan fingerprint density at radius 2 is 1.85 bits per heavy atom. The van der Waals surface area contributed by atoms with Gasteiger partial charge in [-0.15, -0.1) is 0 Å². The van der Waals surface area contributed by atoms with E-state index in [1.54, 1.807) is 4.90 Å². The molecule has 0 radical (unpaired) electrons. The van der Waals surface area contributed by atoms with E-state index in [1.807, 2.05) is 25.7 Å². The van der Waals surface area contributed by atoms with Crippen LogP contribution < -0.4 is 9.64 Å². The van der Waals surface area contributed by atoms with Gasteiger partial charge in [-0.2, -0.15) is 0 Å². The van der Waals surface area contributed by atoms with Crippen LogP contribution in [0.15, 0.2) is 30.7 Å². The molecule has 3 heterocycles. The van der Waals surface area contributed by atoms with Gasteiger partial charge in [0.15, 0.2) is 11.6 Å². The number of aromatic carboxylic acids is 1. The van der Waals surface area contributed by atoms with Crippen molar-refractivity contribution in [3.8, 4) is 11.5 Å². The predicted molar refractivity (Wildman–Crippen MR) is 117 cm³/mol. The summed E-state index contributed by atoms with van der Waals surface area (Å²) in [5, 5.41) is 9.37. The lowest BCUT2D eigenvalue weighted by Gasteiger charge is -2.54. The molecule has 1 N–H and O–H groups in total. The van der Waals surface area contributed by atoms with Crippen LogP contribution in [0.2, 0.25) is 0 Å². The first-order chi connectivity index (χ1) is 15.6. The van der Waals surface area contributed by atoms with E-state index in [0.29, 0.717) is 24.7 Å². The zero-order valence-corrected chi connectivity index (χ0v) is 18.9. The lowest BCUT2D eigenvalue weighted by Crippen LogP contribution is -2.61. The minimum Gasteiger partial charge on any atom is -0.478 e. The number of carbonyl (C=O) groups is 2. The number of rotatable bonds is 4. The van der Waals surface area contributed by atoms with Gasteiger partial charge in [0.05, 0.1) is 6.20 Å². The second-order valence-electron chi connectivity index (χ2n) is 9.58. The SMILES string of the molecule is CC(C)(C)OC(=O)N1CCC2(CC1)CN(c1ncncc1Oc1ccc(F)cc1C(=O)O)C2. The number of amides is 1. The van der Waals surface area contributed by atoms with E-state index in [4.69, 9.17) is 9.47 Å². The number of halogens is 1. The van der Waals surface area contributed by atoms with E-state index in [9.17, 15) is 19.1 Å². The number of hydrogen-bond donors (Lipinski definition) is 1. The molecule has 1 aromatic heterocycles. The van der Waals surface area contributed by atoms with Gasteiger partial charge in [-0.05, 0) is 51.8 Å². The summed E-state index contributed by atoms with van der Waals surface area (Å²) in [5.41, 5.74) is -0.726. The van der Waals surface area contributed by atoms with Crippen molar-refractivity contribution in [3.05, 3.63) is 42.1 Å². The molecule has 1 aromatic carbocycles. The highest BCUT2D eigenvalue weighted by Gasteiger charge is 2.47. The molecule has 4 rings (SSSR count). The van der Waals surface area contributed by atoms with Gasteiger partial charge in [-0.3, -0.25) is 0 Å². The highest BCUT2D eigenvalue weighted by molar-refractivity contribution is 5.91. The Bertz CT molecular complexity index is 1060. The van der Waals surface area contributed by atoms with Gasteiger partial charge >= 0.3 is 12.1 Å². The van der Waals surface area contributed by atoms with Crippen LogP contribution >= 0.6 is 0 Å². The maximum atomic E-state index is 13.5. The van der Waals surface area contributed by atoms with Crippen molar-refractivity contribution in [2.75, 3.05) is 31.1 Å². The van der Waals surface area contributed by atoms with Gasteiger partial charge in [-0.25, -0.2) is 23.9 Å². The first kappa shape index (κ1) is 22.8. The van der Waals surface area contributed by atoms with Gasteiger partial charge in [0.2, 0.25) is 0 Å².